The topological polar surface area (TPSA) is 88.5 Å². The summed E-state index contributed by atoms with van der Waals surface area (Å²) in [5.41, 5.74) is -0.194. The number of benzene rings is 2. The smallest absolute Gasteiger partial charge is 0.343 e. The fourth-order valence-electron chi connectivity index (χ4n) is 4.45. The van der Waals surface area contributed by atoms with Gasteiger partial charge in [0.05, 0.1) is 7.11 Å². The number of nitrogens with zero attached hydrogens (tertiary/aromatic N) is 1. The minimum Gasteiger partial charge on any atom is -0.491 e. The van der Waals surface area contributed by atoms with Gasteiger partial charge >= 0.3 is 5.97 Å². The molecule has 7 heteroatoms. The van der Waals surface area contributed by atoms with Gasteiger partial charge in [-0.25, -0.2) is 4.79 Å². The van der Waals surface area contributed by atoms with E-state index in [-0.39, 0.29) is 31.7 Å². The average molecular weight is 496 g/mol. The third-order valence-corrected chi connectivity index (χ3v) is 6.41. The summed E-state index contributed by atoms with van der Waals surface area (Å²) in [4.78, 5) is 13.3. The molecule has 7 nitrogen and oxygen atoms in total. The SMILES string of the molecule is CC[C@@H]1C=CC=CC1(O)N(C[C@H](O)COc1ccccc1)[C@H](C)Cc1ccc(OCC(=O)OC)cc1. The number of carbonyl (C=O) groups is 1. The van der Waals surface area contributed by atoms with E-state index in [1.165, 1.54) is 7.11 Å². The van der Waals surface area contributed by atoms with Gasteiger partial charge in [-0.1, -0.05) is 55.5 Å². The number of rotatable bonds is 13. The second-order valence-electron chi connectivity index (χ2n) is 9.03. The molecule has 0 saturated heterocycles. The van der Waals surface area contributed by atoms with Gasteiger partial charge in [-0.2, -0.15) is 0 Å². The fraction of sp³-hybridized carbons (Fsp3) is 0.414. The molecule has 2 N–H and O–H groups in total. The summed E-state index contributed by atoms with van der Waals surface area (Å²) in [5, 5.41) is 22.7. The molecular formula is C29H37NO6. The standard InChI is InChI=1S/C29H37NO6/c1-4-24-10-8-9-17-29(24,33)30(19-25(31)20-35-26-11-6-5-7-12-26)22(2)18-23-13-15-27(16-14-23)36-21-28(32)34-3/h5-17,22,24-25,31,33H,4,18-21H2,1-3H3/t22-,24-,25+,29?/m1/s1. The summed E-state index contributed by atoms with van der Waals surface area (Å²) >= 11 is 0. The molecule has 3 rings (SSSR count). The zero-order valence-corrected chi connectivity index (χ0v) is 21.2. The van der Waals surface area contributed by atoms with Gasteiger partial charge in [-0.3, -0.25) is 4.90 Å². The Kier molecular flexibility index (Phi) is 10.1. The van der Waals surface area contributed by atoms with Gasteiger partial charge in [0.25, 0.3) is 0 Å². The third-order valence-electron chi connectivity index (χ3n) is 6.41. The van der Waals surface area contributed by atoms with E-state index in [2.05, 4.69) is 4.74 Å². The molecule has 0 aromatic heterocycles. The molecule has 0 bridgehead atoms. The Balaban J connectivity index is 1.72. The first-order chi connectivity index (χ1) is 17.4. The van der Waals surface area contributed by atoms with E-state index in [0.717, 1.165) is 12.0 Å². The van der Waals surface area contributed by atoms with E-state index in [9.17, 15) is 15.0 Å². The fourth-order valence-corrected chi connectivity index (χ4v) is 4.45. The van der Waals surface area contributed by atoms with Gasteiger partial charge in [0.1, 0.15) is 29.9 Å². The highest BCUT2D eigenvalue weighted by molar-refractivity contribution is 5.70. The highest BCUT2D eigenvalue weighted by Gasteiger charge is 2.42. The highest BCUT2D eigenvalue weighted by Crippen LogP contribution is 2.33. The summed E-state index contributed by atoms with van der Waals surface area (Å²) in [6.45, 7) is 4.30. The molecule has 2 aromatic carbocycles. The molecule has 0 saturated carbocycles. The summed E-state index contributed by atoms with van der Waals surface area (Å²) in [7, 11) is 1.32. The van der Waals surface area contributed by atoms with Crippen molar-refractivity contribution in [2.45, 2.75) is 44.6 Å². The lowest BCUT2D eigenvalue weighted by molar-refractivity contribution is -0.142. The summed E-state index contributed by atoms with van der Waals surface area (Å²) in [6.07, 6.45) is 8.22. The molecule has 2 aromatic rings. The zero-order chi connectivity index (χ0) is 26.0. The van der Waals surface area contributed by atoms with Crippen molar-refractivity contribution in [1.82, 2.24) is 4.90 Å². The Morgan fingerprint density at radius 2 is 1.75 bits per heavy atom. The van der Waals surface area contributed by atoms with Crippen molar-refractivity contribution in [3.05, 3.63) is 84.5 Å². The summed E-state index contributed by atoms with van der Waals surface area (Å²) in [5.74, 6) is 0.719. The monoisotopic (exact) mass is 495 g/mol. The van der Waals surface area contributed by atoms with Gasteiger partial charge in [-0.15, -0.1) is 0 Å². The van der Waals surface area contributed by atoms with Crippen LogP contribution in [0, 0.1) is 5.92 Å². The normalized spacial score (nSPS) is 20.7. The molecule has 0 amide bonds. The largest absolute Gasteiger partial charge is 0.491 e. The van der Waals surface area contributed by atoms with Crippen molar-refractivity contribution >= 4 is 5.97 Å². The number of methoxy groups -OCH3 is 1. The summed E-state index contributed by atoms with van der Waals surface area (Å²) < 4.78 is 15.8. The molecule has 1 aliphatic rings. The molecule has 1 aliphatic carbocycles. The van der Waals surface area contributed by atoms with Crippen LogP contribution >= 0.6 is 0 Å². The summed E-state index contributed by atoms with van der Waals surface area (Å²) in [6, 6.07) is 16.8. The predicted molar refractivity (Wildman–Crippen MR) is 139 cm³/mol. The number of aliphatic hydroxyl groups is 2. The molecule has 0 fully saturated rings. The van der Waals surface area contributed by atoms with Crippen molar-refractivity contribution in [2.24, 2.45) is 5.92 Å². The number of esters is 1. The number of hydrogen-bond acceptors (Lipinski definition) is 7. The molecule has 1 unspecified atom stereocenters. The van der Waals surface area contributed by atoms with Crippen molar-refractivity contribution in [2.75, 3.05) is 26.9 Å². The molecule has 4 atom stereocenters. The molecule has 0 aliphatic heterocycles. The lowest BCUT2D eigenvalue weighted by Gasteiger charge is -2.47. The van der Waals surface area contributed by atoms with Crippen LogP contribution in [-0.2, 0) is 16.0 Å². The van der Waals surface area contributed by atoms with E-state index in [1.807, 2.05) is 97.6 Å². The van der Waals surface area contributed by atoms with Gasteiger partial charge in [0, 0.05) is 18.5 Å². The highest BCUT2D eigenvalue weighted by atomic mass is 16.6. The predicted octanol–water partition coefficient (Wildman–Crippen LogP) is 3.75. The number of aliphatic hydroxyl groups excluding tert-OH is 1. The molecule has 0 spiro atoms. The maximum atomic E-state index is 11.8. The first-order valence-corrected chi connectivity index (χ1v) is 12.3. The van der Waals surface area contributed by atoms with Gasteiger partial charge in [0.15, 0.2) is 6.61 Å². The van der Waals surface area contributed by atoms with Crippen LogP contribution in [0.2, 0.25) is 0 Å². The zero-order valence-electron chi connectivity index (χ0n) is 21.2. The second-order valence-corrected chi connectivity index (χ2v) is 9.03. The number of hydrogen-bond donors (Lipinski definition) is 2. The maximum Gasteiger partial charge on any atom is 0.343 e. The van der Waals surface area contributed by atoms with Crippen molar-refractivity contribution in [3.63, 3.8) is 0 Å². The van der Waals surface area contributed by atoms with Crippen LogP contribution in [0.1, 0.15) is 25.8 Å². The molecular weight excluding hydrogens is 458 g/mol. The molecule has 0 heterocycles. The van der Waals surface area contributed by atoms with Crippen LogP contribution < -0.4 is 9.47 Å². The Morgan fingerprint density at radius 1 is 1.06 bits per heavy atom. The average Bonchev–Trinajstić information content (AvgIpc) is 2.90. The number of ether oxygens (including phenoxy) is 3. The van der Waals surface area contributed by atoms with Crippen LogP contribution in [0.3, 0.4) is 0 Å². The third kappa shape index (κ3) is 7.43. The van der Waals surface area contributed by atoms with E-state index in [4.69, 9.17) is 9.47 Å². The van der Waals surface area contributed by atoms with Crippen molar-refractivity contribution < 1.29 is 29.2 Å². The Labute approximate surface area is 213 Å². The van der Waals surface area contributed by atoms with E-state index < -0.39 is 17.8 Å². The van der Waals surface area contributed by atoms with Gasteiger partial charge in [0.2, 0.25) is 0 Å². The van der Waals surface area contributed by atoms with Crippen LogP contribution in [0.25, 0.3) is 0 Å². The minimum absolute atomic E-state index is 0.103. The number of carbonyl (C=O) groups excluding carboxylic acids is 1. The minimum atomic E-state index is -1.24. The van der Waals surface area contributed by atoms with Crippen molar-refractivity contribution in [1.29, 1.82) is 0 Å². The van der Waals surface area contributed by atoms with Gasteiger partial charge in [-0.05, 0) is 55.7 Å². The first-order valence-electron chi connectivity index (χ1n) is 12.3. The Hall–Kier alpha value is -3.13. The van der Waals surface area contributed by atoms with E-state index in [1.54, 1.807) is 0 Å². The van der Waals surface area contributed by atoms with Gasteiger partial charge < -0.3 is 24.4 Å². The maximum absolute atomic E-state index is 11.8. The molecule has 194 valence electrons. The van der Waals surface area contributed by atoms with Crippen LogP contribution in [-0.4, -0.2) is 65.8 Å². The molecule has 36 heavy (non-hydrogen) atoms. The first kappa shape index (κ1) is 27.5. The van der Waals surface area contributed by atoms with Crippen LogP contribution in [0.15, 0.2) is 78.9 Å². The number of para-hydroxylation sites is 1. The second kappa shape index (κ2) is 13.3. The number of allylic oxidation sites excluding steroid dienone is 2. The van der Waals surface area contributed by atoms with E-state index >= 15 is 0 Å². The lowest BCUT2D eigenvalue weighted by Crippen LogP contribution is -2.59. The van der Waals surface area contributed by atoms with E-state index in [0.29, 0.717) is 17.9 Å². The Bertz CT molecular complexity index is 1010. The van der Waals surface area contributed by atoms with Crippen molar-refractivity contribution in [3.8, 4) is 11.5 Å². The molecule has 0 radical (unpaired) electrons. The lowest BCUT2D eigenvalue weighted by atomic mass is 9.85. The van der Waals surface area contributed by atoms with Crippen LogP contribution in [0.5, 0.6) is 11.5 Å². The quantitative estimate of drug-likeness (QED) is 0.323. The Morgan fingerprint density at radius 3 is 2.42 bits per heavy atom. The van der Waals surface area contributed by atoms with Crippen LogP contribution in [0.4, 0.5) is 0 Å².